The van der Waals surface area contributed by atoms with Crippen molar-refractivity contribution >= 4 is 0 Å². The lowest BCUT2D eigenvalue weighted by atomic mass is 10.4. The largest absolute Gasteiger partial charge is 0.484 e. The fraction of sp³-hybridized carbons (Fsp3) is 0.222. The Morgan fingerprint density at radius 2 is 2.27 bits per heavy atom. The van der Waals surface area contributed by atoms with Crippen molar-refractivity contribution in [1.29, 1.82) is 0 Å². The van der Waals surface area contributed by atoms with Crippen molar-refractivity contribution in [2.24, 2.45) is 7.05 Å². The van der Waals surface area contributed by atoms with E-state index in [4.69, 9.17) is 4.74 Å². The SMILES string of the molecule is Cn1ncnc1COc1ccc(F)nc1. The zero-order valence-electron chi connectivity index (χ0n) is 8.09. The van der Waals surface area contributed by atoms with Crippen LogP contribution in [0.15, 0.2) is 24.7 Å². The first kappa shape index (κ1) is 9.57. The molecule has 0 atom stereocenters. The molecule has 0 N–H and O–H groups in total. The summed E-state index contributed by atoms with van der Waals surface area (Å²) in [5.74, 6) is 0.666. The van der Waals surface area contributed by atoms with Crippen molar-refractivity contribution in [1.82, 2.24) is 19.7 Å². The van der Waals surface area contributed by atoms with Crippen LogP contribution in [0.4, 0.5) is 4.39 Å². The minimum absolute atomic E-state index is 0.282. The van der Waals surface area contributed by atoms with Gasteiger partial charge in [0, 0.05) is 7.05 Å². The van der Waals surface area contributed by atoms with Crippen LogP contribution >= 0.6 is 0 Å². The number of pyridine rings is 1. The first-order valence-corrected chi connectivity index (χ1v) is 4.33. The van der Waals surface area contributed by atoms with Crippen LogP contribution in [-0.4, -0.2) is 19.7 Å². The molecule has 0 aliphatic heterocycles. The van der Waals surface area contributed by atoms with E-state index in [-0.39, 0.29) is 6.61 Å². The van der Waals surface area contributed by atoms with Crippen LogP contribution in [0.3, 0.4) is 0 Å². The van der Waals surface area contributed by atoms with Gasteiger partial charge in [-0.3, -0.25) is 4.68 Å². The van der Waals surface area contributed by atoms with E-state index >= 15 is 0 Å². The van der Waals surface area contributed by atoms with Gasteiger partial charge in [0.05, 0.1) is 6.20 Å². The molecule has 0 unspecified atom stereocenters. The van der Waals surface area contributed by atoms with Gasteiger partial charge in [0.15, 0.2) is 5.82 Å². The van der Waals surface area contributed by atoms with Crippen LogP contribution < -0.4 is 4.74 Å². The first-order chi connectivity index (χ1) is 7.25. The number of ether oxygens (including phenoxy) is 1. The van der Waals surface area contributed by atoms with E-state index in [1.807, 2.05) is 0 Å². The first-order valence-electron chi connectivity index (χ1n) is 4.33. The van der Waals surface area contributed by atoms with Gasteiger partial charge >= 0.3 is 0 Å². The summed E-state index contributed by atoms with van der Waals surface area (Å²) >= 11 is 0. The van der Waals surface area contributed by atoms with Gasteiger partial charge in [-0.15, -0.1) is 0 Å². The number of halogens is 1. The van der Waals surface area contributed by atoms with Crippen LogP contribution in [0.25, 0.3) is 0 Å². The number of hydrogen-bond donors (Lipinski definition) is 0. The molecular weight excluding hydrogens is 199 g/mol. The zero-order chi connectivity index (χ0) is 10.7. The van der Waals surface area contributed by atoms with Crippen LogP contribution in [0.2, 0.25) is 0 Å². The van der Waals surface area contributed by atoms with Crippen LogP contribution in [0.5, 0.6) is 5.75 Å². The second-order valence-corrected chi connectivity index (χ2v) is 2.91. The number of aryl methyl sites for hydroxylation is 1. The zero-order valence-corrected chi connectivity index (χ0v) is 8.09. The van der Waals surface area contributed by atoms with Crippen molar-refractivity contribution < 1.29 is 9.13 Å². The Labute approximate surface area is 85.5 Å². The van der Waals surface area contributed by atoms with E-state index in [1.165, 1.54) is 24.7 Å². The Morgan fingerprint density at radius 3 is 2.87 bits per heavy atom. The summed E-state index contributed by atoms with van der Waals surface area (Å²) < 4.78 is 19.4. The van der Waals surface area contributed by atoms with Crippen molar-refractivity contribution in [2.75, 3.05) is 0 Å². The summed E-state index contributed by atoms with van der Waals surface area (Å²) in [4.78, 5) is 7.45. The minimum atomic E-state index is -0.527. The molecule has 0 saturated carbocycles. The predicted molar refractivity (Wildman–Crippen MR) is 49.5 cm³/mol. The highest BCUT2D eigenvalue weighted by Crippen LogP contribution is 2.09. The second-order valence-electron chi connectivity index (χ2n) is 2.91. The van der Waals surface area contributed by atoms with E-state index in [9.17, 15) is 4.39 Å². The molecule has 0 saturated heterocycles. The summed E-state index contributed by atoms with van der Waals surface area (Å²) in [6.07, 6.45) is 2.77. The van der Waals surface area contributed by atoms with E-state index in [1.54, 1.807) is 11.7 Å². The molecule has 2 rings (SSSR count). The summed E-state index contributed by atoms with van der Waals surface area (Å²) in [5.41, 5.74) is 0. The Hall–Kier alpha value is -1.98. The molecule has 2 aromatic heterocycles. The van der Waals surface area contributed by atoms with Gasteiger partial charge in [-0.2, -0.15) is 9.49 Å². The summed E-state index contributed by atoms with van der Waals surface area (Å²) in [7, 11) is 1.77. The molecule has 2 aromatic rings. The fourth-order valence-electron chi connectivity index (χ4n) is 1.05. The molecule has 5 nitrogen and oxygen atoms in total. The Balaban J connectivity index is 1.99. The highest BCUT2D eigenvalue weighted by Gasteiger charge is 2.01. The summed E-state index contributed by atoms with van der Waals surface area (Å²) in [5, 5.41) is 3.89. The molecule has 0 radical (unpaired) electrons. The highest BCUT2D eigenvalue weighted by atomic mass is 19.1. The minimum Gasteiger partial charge on any atom is -0.484 e. The topological polar surface area (TPSA) is 52.8 Å². The van der Waals surface area contributed by atoms with Gasteiger partial charge in [0.1, 0.15) is 18.7 Å². The lowest BCUT2D eigenvalue weighted by Crippen LogP contribution is -2.04. The third kappa shape index (κ3) is 2.28. The molecule has 2 heterocycles. The lowest BCUT2D eigenvalue weighted by molar-refractivity contribution is 0.288. The Morgan fingerprint density at radius 1 is 1.40 bits per heavy atom. The van der Waals surface area contributed by atoms with Gasteiger partial charge in [-0.05, 0) is 12.1 Å². The third-order valence-corrected chi connectivity index (χ3v) is 1.87. The molecule has 15 heavy (non-hydrogen) atoms. The standard InChI is InChI=1S/C9H9FN4O/c1-14-9(12-6-13-14)5-15-7-2-3-8(10)11-4-7/h2-4,6H,5H2,1H3. The van der Waals surface area contributed by atoms with Gasteiger partial charge in [-0.25, -0.2) is 9.97 Å². The van der Waals surface area contributed by atoms with Gasteiger partial charge in [-0.1, -0.05) is 0 Å². The monoisotopic (exact) mass is 208 g/mol. The van der Waals surface area contributed by atoms with Crippen LogP contribution in [0.1, 0.15) is 5.82 Å². The smallest absolute Gasteiger partial charge is 0.213 e. The molecule has 0 aliphatic rings. The van der Waals surface area contributed by atoms with Crippen molar-refractivity contribution in [3.8, 4) is 5.75 Å². The third-order valence-electron chi connectivity index (χ3n) is 1.87. The highest BCUT2D eigenvalue weighted by molar-refractivity contribution is 5.16. The van der Waals surface area contributed by atoms with Crippen LogP contribution in [0, 0.1) is 5.95 Å². The van der Waals surface area contributed by atoms with Crippen molar-refractivity contribution in [2.45, 2.75) is 6.61 Å². The van der Waals surface area contributed by atoms with E-state index in [0.717, 1.165) is 0 Å². The Bertz CT molecular complexity index is 440. The molecule has 0 aromatic carbocycles. The maximum atomic E-state index is 12.5. The van der Waals surface area contributed by atoms with Gasteiger partial charge in [0.2, 0.25) is 5.95 Å². The molecule has 78 valence electrons. The predicted octanol–water partition coefficient (Wildman–Crippen LogP) is 0.928. The van der Waals surface area contributed by atoms with Crippen molar-refractivity contribution in [3.63, 3.8) is 0 Å². The molecule has 0 bridgehead atoms. The molecule has 0 aliphatic carbocycles. The Kier molecular flexibility index (Phi) is 2.57. The van der Waals surface area contributed by atoms with Gasteiger partial charge < -0.3 is 4.74 Å². The molecular formula is C9H9FN4O. The molecule has 0 spiro atoms. The number of hydrogen-bond acceptors (Lipinski definition) is 4. The summed E-state index contributed by atoms with van der Waals surface area (Å²) in [6, 6.07) is 2.75. The average molecular weight is 208 g/mol. The lowest BCUT2D eigenvalue weighted by Gasteiger charge is -2.04. The quantitative estimate of drug-likeness (QED) is 0.704. The molecule has 0 fully saturated rings. The van der Waals surface area contributed by atoms with Crippen molar-refractivity contribution in [3.05, 3.63) is 36.4 Å². The molecule has 6 heteroatoms. The number of rotatable bonds is 3. The average Bonchev–Trinajstić information content (AvgIpc) is 2.63. The second kappa shape index (κ2) is 4.04. The van der Waals surface area contributed by atoms with E-state index in [0.29, 0.717) is 11.6 Å². The fourth-order valence-corrected chi connectivity index (χ4v) is 1.05. The summed E-state index contributed by atoms with van der Waals surface area (Å²) in [6.45, 7) is 0.282. The van der Waals surface area contributed by atoms with E-state index in [2.05, 4.69) is 15.1 Å². The maximum absolute atomic E-state index is 12.5. The number of nitrogens with zero attached hydrogens (tertiary/aromatic N) is 4. The maximum Gasteiger partial charge on any atom is 0.213 e. The number of aromatic nitrogens is 4. The van der Waals surface area contributed by atoms with Gasteiger partial charge in [0.25, 0.3) is 0 Å². The normalized spacial score (nSPS) is 10.3. The van der Waals surface area contributed by atoms with E-state index < -0.39 is 5.95 Å². The molecule has 0 amide bonds. The van der Waals surface area contributed by atoms with Crippen LogP contribution in [-0.2, 0) is 13.7 Å².